The van der Waals surface area contributed by atoms with Crippen molar-refractivity contribution in [2.24, 2.45) is 4.99 Å². The van der Waals surface area contributed by atoms with Gasteiger partial charge in [-0.3, -0.25) is 9.98 Å². The summed E-state index contributed by atoms with van der Waals surface area (Å²) in [6.07, 6.45) is 1.49. The number of aliphatic imine (C=N–C) groups is 1. The number of nitrogens with zero attached hydrogens (tertiary/aromatic N) is 5. The van der Waals surface area contributed by atoms with Gasteiger partial charge in [0.2, 0.25) is 0 Å². The van der Waals surface area contributed by atoms with E-state index >= 15 is 0 Å². The second-order valence-electron chi connectivity index (χ2n) is 7.11. The smallest absolute Gasteiger partial charge is 0.364 e. The van der Waals surface area contributed by atoms with Crippen molar-refractivity contribution >= 4 is 40.2 Å². The monoisotopic (exact) mass is 454 g/mol. The quantitative estimate of drug-likeness (QED) is 0.432. The zero-order valence-corrected chi connectivity index (χ0v) is 17.1. The lowest BCUT2D eigenvalue weighted by Crippen LogP contribution is -2.10. The number of aromatic nitrogens is 4. The molecule has 0 atom stereocenters. The van der Waals surface area contributed by atoms with E-state index in [0.717, 1.165) is 18.0 Å². The van der Waals surface area contributed by atoms with Gasteiger partial charge in [-0.25, -0.2) is 15.0 Å². The molecule has 10 heteroatoms. The van der Waals surface area contributed by atoms with Gasteiger partial charge in [-0.1, -0.05) is 23.7 Å². The molecule has 0 amide bonds. The van der Waals surface area contributed by atoms with Crippen molar-refractivity contribution in [2.45, 2.75) is 19.1 Å². The third kappa shape index (κ3) is 3.64. The third-order valence-electron chi connectivity index (χ3n) is 5.11. The van der Waals surface area contributed by atoms with E-state index in [4.69, 9.17) is 11.6 Å². The van der Waals surface area contributed by atoms with Crippen LogP contribution >= 0.6 is 11.6 Å². The number of halogens is 4. The maximum absolute atomic E-state index is 13.7. The fourth-order valence-corrected chi connectivity index (χ4v) is 3.86. The van der Waals surface area contributed by atoms with Crippen LogP contribution in [0.5, 0.6) is 0 Å². The normalized spacial score (nSPS) is 12.9. The highest BCUT2D eigenvalue weighted by molar-refractivity contribution is 6.35. The molecule has 6 nitrogen and oxygen atoms in total. The number of hydrogen-bond acceptors (Lipinski definition) is 6. The number of fused-ring (bicyclic) bond motifs is 2. The van der Waals surface area contributed by atoms with Crippen LogP contribution in [0, 0.1) is 0 Å². The average Bonchev–Trinajstić information content (AvgIpc) is 3.26. The first-order chi connectivity index (χ1) is 15.4. The molecule has 0 radical (unpaired) electrons. The molecule has 0 fully saturated rings. The largest absolute Gasteiger partial charge is 0.417 e. The van der Waals surface area contributed by atoms with E-state index in [1.54, 1.807) is 24.4 Å². The van der Waals surface area contributed by atoms with E-state index in [2.05, 4.69) is 30.2 Å². The molecule has 32 heavy (non-hydrogen) atoms. The van der Waals surface area contributed by atoms with E-state index in [9.17, 15) is 13.2 Å². The molecule has 1 aliphatic rings. The van der Waals surface area contributed by atoms with Crippen LogP contribution in [0.1, 0.15) is 16.8 Å². The molecule has 0 bridgehead atoms. The molecule has 0 aliphatic carbocycles. The maximum Gasteiger partial charge on any atom is 0.417 e. The summed E-state index contributed by atoms with van der Waals surface area (Å²) in [4.78, 5) is 21.2. The number of hydrogen-bond donors (Lipinski definition) is 1. The number of nitrogens with one attached hydrogen (secondary N) is 1. The molecular formula is C22H14ClF3N6. The molecule has 0 saturated carbocycles. The number of rotatable bonds is 4. The fraction of sp³-hybridized carbons (Fsp3) is 0.136. The predicted molar refractivity (Wildman–Crippen MR) is 116 cm³/mol. The summed E-state index contributed by atoms with van der Waals surface area (Å²) in [5.41, 5.74) is 1.57. The molecule has 3 aromatic heterocycles. The minimum absolute atomic E-state index is 0.121. The lowest BCUT2D eigenvalue weighted by molar-refractivity contribution is -0.137. The van der Waals surface area contributed by atoms with Gasteiger partial charge in [-0.05, 0) is 23.8 Å². The number of benzene rings is 1. The Bertz CT molecular complexity index is 1370. The van der Waals surface area contributed by atoms with Crippen LogP contribution < -0.4 is 5.32 Å². The summed E-state index contributed by atoms with van der Waals surface area (Å²) in [5, 5.41) is 4.23. The number of pyridine rings is 2. The SMILES string of the molecule is FC(F)(F)c1ccncc1-c1nc2c(Cl)cccc2cc1CNc1ncnc2c1N=CC2. The zero-order valence-electron chi connectivity index (χ0n) is 16.4. The first kappa shape index (κ1) is 20.3. The molecule has 0 unspecified atom stereocenters. The molecule has 1 aliphatic heterocycles. The minimum Gasteiger partial charge on any atom is -0.364 e. The molecule has 1 N–H and O–H groups in total. The highest BCUT2D eigenvalue weighted by atomic mass is 35.5. The van der Waals surface area contributed by atoms with E-state index in [0.29, 0.717) is 39.4 Å². The minimum atomic E-state index is -4.57. The number of anilines is 1. The van der Waals surface area contributed by atoms with Gasteiger partial charge in [0.05, 0.1) is 27.5 Å². The molecule has 5 rings (SSSR count). The number of para-hydroxylation sites is 1. The second kappa shape index (κ2) is 7.83. The predicted octanol–water partition coefficient (Wildman–Crippen LogP) is 5.63. The van der Waals surface area contributed by atoms with Crippen LogP contribution in [-0.2, 0) is 19.1 Å². The maximum atomic E-state index is 13.7. The van der Waals surface area contributed by atoms with E-state index in [-0.39, 0.29) is 17.8 Å². The summed E-state index contributed by atoms with van der Waals surface area (Å²) in [6.45, 7) is 0.163. The van der Waals surface area contributed by atoms with Gasteiger partial charge in [0.15, 0.2) is 5.82 Å². The van der Waals surface area contributed by atoms with Crippen LogP contribution in [-0.4, -0.2) is 26.2 Å². The van der Waals surface area contributed by atoms with Crippen LogP contribution in [0.25, 0.3) is 22.2 Å². The molecule has 4 aromatic rings. The van der Waals surface area contributed by atoms with E-state index in [1.165, 1.54) is 12.5 Å². The topological polar surface area (TPSA) is 76.0 Å². The highest BCUT2D eigenvalue weighted by Gasteiger charge is 2.34. The van der Waals surface area contributed by atoms with Crippen molar-refractivity contribution < 1.29 is 13.2 Å². The van der Waals surface area contributed by atoms with Crippen LogP contribution in [0.15, 0.2) is 54.0 Å². The summed E-state index contributed by atoms with van der Waals surface area (Å²) >= 11 is 6.29. The van der Waals surface area contributed by atoms with Gasteiger partial charge in [-0.2, -0.15) is 13.2 Å². The Balaban J connectivity index is 1.64. The lowest BCUT2D eigenvalue weighted by atomic mass is 10.00. The Morgan fingerprint density at radius 1 is 1.12 bits per heavy atom. The fourth-order valence-electron chi connectivity index (χ4n) is 3.64. The van der Waals surface area contributed by atoms with Crippen molar-refractivity contribution in [1.82, 2.24) is 19.9 Å². The van der Waals surface area contributed by atoms with Crippen molar-refractivity contribution in [3.63, 3.8) is 0 Å². The van der Waals surface area contributed by atoms with Gasteiger partial charge in [0, 0.05) is 42.5 Å². The first-order valence-corrected chi connectivity index (χ1v) is 9.99. The van der Waals surface area contributed by atoms with Gasteiger partial charge in [0.25, 0.3) is 0 Å². The third-order valence-corrected chi connectivity index (χ3v) is 5.41. The summed E-state index contributed by atoms with van der Waals surface area (Å²) < 4.78 is 41.2. The van der Waals surface area contributed by atoms with Crippen molar-refractivity contribution in [3.05, 3.63) is 70.9 Å². The summed E-state index contributed by atoms with van der Waals surface area (Å²) in [5.74, 6) is 0.503. The second-order valence-corrected chi connectivity index (χ2v) is 7.52. The Labute approximate surface area is 185 Å². The molecule has 1 aromatic carbocycles. The van der Waals surface area contributed by atoms with Gasteiger partial charge < -0.3 is 5.32 Å². The number of alkyl halides is 3. The zero-order chi connectivity index (χ0) is 22.3. The average molecular weight is 455 g/mol. The Morgan fingerprint density at radius 3 is 2.84 bits per heavy atom. The standard InChI is InChI=1S/C22H14ClF3N6/c23-16-3-1-2-12-8-13(9-29-21-20-17(5-7-28-20)30-11-31-21)18(32-19(12)16)14-10-27-6-4-15(14)22(24,25)26/h1-4,6-8,10-11H,5,9H2,(H,29,30,31). The van der Waals surface area contributed by atoms with Crippen LogP contribution in [0.2, 0.25) is 5.02 Å². The molecule has 0 spiro atoms. The Kier molecular flexibility index (Phi) is 4.97. The molecule has 4 heterocycles. The van der Waals surface area contributed by atoms with E-state index < -0.39 is 11.7 Å². The van der Waals surface area contributed by atoms with Crippen molar-refractivity contribution in [1.29, 1.82) is 0 Å². The highest BCUT2D eigenvalue weighted by Crippen LogP contribution is 2.39. The molecular weight excluding hydrogens is 441 g/mol. The lowest BCUT2D eigenvalue weighted by Gasteiger charge is -2.17. The summed E-state index contributed by atoms with van der Waals surface area (Å²) in [7, 11) is 0. The Hall–Kier alpha value is -3.59. The molecule has 160 valence electrons. The van der Waals surface area contributed by atoms with Crippen LogP contribution in [0.4, 0.5) is 24.7 Å². The van der Waals surface area contributed by atoms with E-state index in [1.807, 2.05) is 6.07 Å². The first-order valence-electron chi connectivity index (χ1n) is 9.62. The van der Waals surface area contributed by atoms with Crippen molar-refractivity contribution in [3.8, 4) is 11.3 Å². The van der Waals surface area contributed by atoms with Crippen LogP contribution in [0.3, 0.4) is 0 Å². The van der Waals surface area contributed by atoms with Crippen molar-refractivity contribution in [2.75, 3.05) is 5.32 Å². The van der Waals surface area contributed by atoms with Gasteiger partial charge in [-0.15, -0.1) is 0 Å². The Morgan fingerprint density at radius 2 is 2.00 bits per heavy atom. The van der Waals surface area contributed by atoms with Gasteiger partial charge >= 0.3 is 6.18 Å². The van der Waals surface area contributed by atoms with Gasteiger partial charge in [0.1, 0.15) is 12.0 Å². The molecule has 0 saturated heterocycles. The summed E-state index contributed by atoms with van der Waals surface area (Å²) in [6, 6.07) is 7.93.